The number of hydrogen-bond donors (Lipinski definition) is 1. The van der Waals surface area contributed by atoms with Crippen LogP contribution in [-0.4, -0.2) is 30.4 Å². The molecule has 0 aromatic heterocycles. The van der Waals surface area contributed by atoms with Crippen LogP contribution in [0.2, 0.25) is 0 Å². The van der Waals surface area contributed by atoms with Crippen LogP contribution >= 0.6 is 0 Å². The minimum absolute atomic E-state index is 0.0695. The van der Waals surface area contributed by atoms with Gasteiger partial charge in [0.05, 0.1) is 5.92 Å². The molecule has 1 amide bonds. The van der Waals surface area contributed by atoms with Crippen LogP contribution in [0.25, 0.3) is 0 Å². The standard InChI is InChI=1S/C17H24N2O/c1-17(11-18)9-10-19(12-17)16(20)15-8-4-6-13-5-2-3-7-14(13)15/h2-3,5,7,15H,4,6,8-12,18H2,1H3. The minimum atomic E-state index is 0.0695. The van der Waals surface area contributed by atoms with Crippen LogP contribution in [0.1, 0.15) is 43.2 Å². The highest BCUT2D eigenvalue weighted by molar-refractivity contribution is 5.84. The number of rotatable bonds is 2. The molecule has 0 saturated carbocycles. The van der Waals surface area contributed by atoms with Gasteiger partial charge >= 0.3 is 0 Å². The number of aryl methyl sites for hydroxylation is 1. The quantitative estimate of drug-likeness (QED) is 0.898. The molecule has 1 aromatic rings. The Kier molecular flexibility index (Phi) is 3.55. The summed E-state index contributed by atoms with van der Waals surface area (Å²) < 4.78 is 0. The van der Waals surface area contributed by atoms with Crippen molar-refractivity contribution in [2.75, 3.05) is 19.6 Å². The molecular weight excluding hydrogens is 248 g/mol. The van der Waals surface area contributed by atoms with E-state index in [-0.39, 0.29) is 11.3 Å². The van der Waals surface area contributed by atoms with Crippen molar-refractivity contribution in [3.63, 3.8) is 0 Å². The first-order chi connectivity index (χ1) is 9.63. The fraction of sp³-hybridized carbons (Fsp3) is 0.588. The molecule has 20 heavy (non-hydrogen) atoms. The molecule has 0 bridgehead atoms. The van der Waals surface area contributed by atoms with E-state index in [1.807, 2.05) is 4.90 Å². The van der Waals surface area contributed by atoms with Gasteiger partial charge in [-0.1, -0.05) is 31.2 Å². The number of hydrogen-bond acceptors (Lipinski definition) is 2. The van der Waals surface area contributed by atoms with E-state index in [1.165, 1.54) is 11.1 Å². The van der Waals surface area contributed by atoms with Crippen LogP contribution in [0.4, 0.5) is 0 Å². The Morgan fingerprint density at radius 2 is 2.25 bits per heavy atom. The van der Waals surface area contributed by atoms with Crippen molar-refractivity contribution in [2.24, 2.45) is 11.1 Å². The highest BCUT2D eigenvalue weighted by atomic mass is 16.2. The summed E-state index contributed by atoms with van der Waals surface area (Å²) in [6, 6.07) is 8.43. The van der Waals surface area contributed by atoms with Gasteiger partial charge in [0.1, 0.15) is 0 Å². The molecule has 2 unspecified atom stereocenters. The van der Waals surface area contributed by atoms with Gasteiger partial charge in [0.15, 0.2) is 0 Å². The Hall–Kier alpha value is -1.35. The van der Waals surface area contributed by atoms with Gasteiger partial charge in [-0.25, -0.2) is 0 Å². The van der Waals surface area contributed by atoms with E-state index in [0.29, 0.717) is 12.5 Å². The van der Waals surface area contributed by atoms with E-state index < -0.39 is 0 Å². The molecule has 1 aliphatic carbocycles. The average Bonchev–Trinajstić information content (AvgIpc) is 2.89. The molecule has 1 saturated heterocycles. The summed E-state index contributed by atoms with van der Waals surface area (Å²) in [4.78, 5) is 14.9. The van der Waals surface area contributed by atoms with Gasteiger partial charge < -0.3 is 10.6 Å². The molecule has 3 rings (SSSR count). The van der Waals surface area contributed by atoms with Crippen LogP contribution in [0.3, 0.4) is 0 Å². The third-order valence-corrected chi connectivity index (χ3v) is 5.03. The van der Waals surface area contributed by atoms with E-state index in [9.17, 15) is 4.79 Å². The molecule has 2 N–H and O–H groups in total. The molecule has 0 spiro atoms. The number of carbonyl (C=O) groups excluding carboxylic acids is 1. The second-order valence-corrected chi connectivity index (χ2v) is 6.67. The molecule has 108 valence electrons. The Bertz CT molecular complexity index is 513. The van der Waals surface area contributed by atoms with E-state index in [2.05, 4.69) is 31.2 Å². The van der Waals surface area contributed by atoms with Crippen LogP contribution in [-0.2, 0) is 11.2 Å². The Labute approximate surface area is 121 Å². The number of nitrogens with two attached hydrogens (primary N) is 1. The van der Waals surface area contributed by atoms with Gasteiger partial charge in [0.25, 0.3) is 0 Å². The van der Waals surface area contributed by atoms with Crippen molar-refractivity contribution in [2.45, 2.75) is 38.5 Å². The smallest absolute Gasteiger partial charge is 0.230 e. The van der Waals surface area contributed by atoms with Crippen LogP contribution in [0.15, 0.2) is 24.3 Å². The largest absolute Gasteiger partial charge is 0.342 e. The van der Waals surface area contributed by atoms with Crippen molar-refractivity contribution < 1.29 is 4.79 Å². The first kappa shape index (κ1) is 13.6. The molecule has 2 aliphatic rings. The SMILES string of the molecule is CC1(CN)CCN(C(=O)C2CCCc3ccccc32)C1. The second kappa shape index (κ2) is 5.21. The van der Waals surface area contributed by atoms with Crippen LogP contribution in [0, 0.1) is 5.41 Å². The Balaban J connectivity index is 1.79. The highest BCUT2D eigenvalue weighted by Crippen LogP contribution is 2.36. The summed E-state index contributed by atoms with van der Waals surface area (Å²) in [6.45, 7) is 4.54. The van der Waals surface area contributed by atoms with Crippen molar-refractivity contribution in [1.29, 1.82) is 0 Å². The third-order valence-electron chi connectivity index (χ3n) is 5.03. The normalized spacial score (nSPS) is 29.3. The molecule has 3 heteroatoms. The predicted octanol–water partition coefficient (Wildman–Crippen LogP) is 2.30. The van der Waals surface area contributed by atoms with Crippen molar-refractivity contribution in [1.82, 2.24) is 4.90 Å². The zero-order valence-electron chi connectivity index (χ0n) is 12.3. The lowest BCUT2D eigenvalue weighted by Crippen LogP contribution is -2.37. The fourth-order valence-corrected chi connectivity index (χ4v) is 3.61. The summed E-state index contributed by atoms with van der Waals surface area (Å²) >= 11 is 0. The first-order valence-electron chi connectivity index (χ1n) is 7.70. The van der Waals surface area contributed by atoms with E-state index in [0.717, 1.165) is 38.8 Å². The highest BCUT2D eigenvalue weighted by Gasteiger charge is 2.38. The zero-order valence-corrected chi connectivity index (χ0v) is 12.3. The third kappa shape index (κ3) is 2.35. The Morgan fingerprint density at radius 1 is 1.45 bits per heavy atom. The maximum absolute atomic E-state index is 12.9. The molecule has 1 heterocycles. The summed E-state index contributed by atoms with van der Waals surface area (Å²) in [7, 11) is 0. The molecular formula is C17H24N2O. The van der Waals surface area contributed by atoms with E-state index in [4.69, 9.17) is 5.73 Å². The summed E-state index contributed by atoms with van der Waals surface area (Å²) in [6.07, 6.45) is 4.26. The maximum atomic E-state index is 12.9. The molecule has 0 radical (unpaired) electrons. The maximum Gasteiger partial charge on any atom is 0.230 e. The topological polar surface area (TPSA) is 46.3 Å². The van der Waals surface area contributed by atoms with Crippen LogP contribution in [0.5, 0.6) is 0 Å². The van der Waals surface area contributed by atoms with Gasteiger partial charge in [-0.2, -0.15) is 0 Å². The van der Waals surface area contributed by atoms with Gasteiger partial charge in [0.2, 0.25) is 5.91 Å². The molecule has 1 fully saturated rings. The number of likely N-dealkylation sites (tertiary alicyclic amines) is 1. The molecule has 2 atom stereocenters. The van der Waals surface area contributed by atoms with E-state index >= 15 is 0 Å². The lowest BCUT2D eigenvalue weighted by molar-refractivity contribution is -0.132. The Morgan fingerprint density at radius 3 is 3.00 bits per heavy atom. The number of amides is 1. The zero-order chi connectivity index (χ0) is 14.2. The molecule has 1 aromatic carbocycles. The lowest BCUT2D eigenvalue weighted by Gasteiger charge is -2.29. The molecule has 3 nitrogen and oxygen atoms in total. The minimum Gasteiger partial charge on any atom is -0.342 e. The van der Waals surface area contributed by atoms with Gasteiger partial charge in [-0.15, -0.1) is 0 Å². The summed E-state index contributed by atoms with van der Waals surface area (Å²) in [5.41, 5.74) is 8.58. The lowest BCUT2D eigenvalue weighted by atomic mass is 9.82. The predicted molar refractivity (Wildman–Crippen MR) is 80.5 cm³/mol. The number of fused-ring (bicyclic) bond motifs is 1. The second-order valence-electron chi connectivity index (χ2n) is 6.67. The summed E-state index contributed by atoms with van der Waals surface area (Å²) in [5.74, 6) is 0.384. The van der Waals surface area contributed by atoms with Crippen molar-refractivity contribution in [3.05, 3.63) is 35.4 Å². The number of nitrogens with zero attached hydrogens (tertiary/aromatic N) is 1. The van der Waals surface area contributed by atoms with Gasteiger partial charge in [0, 0.05) is 13.1 Å². The molecule has 1 aliphatic heterocycles. The average molecular weight is 272 g/mol. The summed E-state index contributed by atoms with van der Waals surface area (Å²) in [5, 5.41) is 0. The monoisotopic (exact) mass is 272 g/mol. The number of carbonyl (C=O) groups is 1. The van der Waals surface area contributed by atoms with Crippen molar-refractivity contribution in [3.8, 4) is 0 Å². The number of benzene rings is 1. The van der Waals surface area contributed by atoms with E-state index in [1.54, 1.807) is 0 Å². The van der Waals surface area contributed by atoms with Crippen LogP contribution < -0.4 is 5.73 Å². The van der Waals surface area contributed by atoms with Gasteiger partial charge in [-0.05, 0) is 48.8 Å². The first-order valence-corrected chi connectivity index (χ1v) is 7.70. The fourth-order valence-electron chi connectivity index (χ4n) is 3.61. The van der Waals surface area contributed by atoms with Gasteiger partial charge in [-0.3, -0.25) is 4.79 Å². The van der Waals surface area contributed by atoms with Crippen molar-refractivity contribution >= 4 is 5.91 Å².